The molecule has 0 spiro atoms. The number of ether oxygens (including phenoxy) is 2. The van der Waals surface area contributed by atoms with Crippen molar-refractivity contribution in [3.05, 3.63) is 52.0 Å². The Morgan fingerprint density at radius 2 is 1.94 bits per heavy atom. The number of benzene rings is 2. The summed E-state index contributed by atoms with van der Waals surface area (Å²) in [6, 6.07) is 10.9. The van der Waals surface area contributed by atoms with Crippen molar-refractivity contribution in [2.24, 2.45) is 5.92 Å². The molecule has 2 aromatic rings. The van der Waals surface area contributed by atoms with E-state index in [1.165, 1.54) is 0 Å². The second-order valence-corrected chi connectivity index (χ2v) is 9.40. The molecule has 0 unspecified atom stereocenters. The van der Waals surface area contributed by atoms with Gasteiger partial charge in [0, 0.05) is 49.1 Å². The highest BCUT2D eigenvalue weighted by molar-refractivity contribution is 9.10. The molecule has 35 heavy (non-hydrogen) atoms. The predicted octanol–water partition coefficient (Wildman–Crippen LogP) is 3.84. The van der Waals surface area contributed by atoms with Gasteiger partial charge in [0.2, 0.25) is 11.8 Å². The Labute approximate surface area is 214 Å². The number of carbonyl (C=O) groups excluding carboxylic acids is 3. The molecule has 0 radical (unpaired) electrons. The summed E-state index contributed by atoms with van der Waals surface area (Å²) in [6.45, 7) is 5.30. The van der Waals surface area contributed by atoms with Crippen molar-refractivity contribution >= 4 is 45.0 Å². The first kappa shape index (κ1) is 26.7. The number of hydrogen-bond donors (Lipinski definition) is 2. The van der Waals surface area contributed by atoms with Crippen LogP contribution in [0.25, 0.3) is 0 Å². The van der Waals surface area contributed by atoms with Crippen LogP contribution in [0.1, 0.15) is 30.9 Å². The number of amides is 3. The first-order valence-electron chi connectivity index (χ1n) is 11.7. The summed E-state index contributed by atoms with van der Waals surface area (Å²) < 4.78 is 11.6. The fraction of sp³-hybridized carbons (Fsp3) is 0.423. The molecule has 1 aliphatic heterocycles. The fourth-order valence-electron chi connectivity index (χ4n) is 4.02. The molecular formula is C26H32BrN3O5. The maximum Gasteiger partial charge on any atom is 0.262 e. The summed E-state index contributed by atoms with van der Waals surface area (Å²) in [6.07, 6.45) is 1.71. The highest BCUT2D eigenvalue weighted by Gasteiger charge is 2.34. The first-order chi connectivity index (χ1) is 16.8. The van der Waals surface area contributed by atoms with E-state index in [1.54, 1.807) is 36.3 Å². The molecule has 9 heteroatoms. The van der Waals surface area contributed by atoms with Crippen LogP contribution in [0.15, 0.2) is 40.9 Å². The lowest BCUT2D eigenvalue weighted by Crippen LogP contribution is -2.33. The van der Waals surface area contributed by atoms with E-state index in [2.05, 4.69) is 26.6 Å². The van der Waals surface area contributed by atoms with Crippen LogP contribution in [0.4, 0.5) is 11.4 Å². The minimum absolute atomic E-state index is 0.0910. The van der Waals surface area contributed by atoms with Gasteiger partial charge in [-0.1, -0.05) is 22.9 Å². The Kier molecular flexibility index (Phi) is 9.68. The molecule has 1 fully saturated rings. The van der Waals surface area contributed by atoms with E-state index in [1.807, 2.05) is 26.0 Å². The minimum atomic E-state index is -0.375. The Balaban J connectivity index is 1.52. The van der Waals surface area contributed by atoms with E-state index in [0.717, 1.165) is 34.1 Å². The van der Waals surface area contributed by atoms with Crippen LogP contribution in [0.3, 0.4) is 0 Å². The number of carbonyl (C=O) groups is 3. The van der Waals surface area contributed by atoms with Gasteiger partial charge in [0.25, 0.3) is 5.91 Å². The predicted molar refractivity (Wildman–Crippen MR) is 139 cm³/mol. The summed E-state index contributed by atoms with van der Waals surface area (Å²) >= 11 is 3.49. The van der Waals surface area contributed by atoms with Crippen molar-refractivity contribution in [3.8, 4) is 5.75 Å². The highest BCUT2D eigenvalue weighted by atomic mass is 79.9. The lowest BCUT2D eigenvalue weighted by molar-refractivity contribution is -0.126. The van der Waals surface area contributed by atoms with Gasteiger partial charge in [-0.25, -0.2) is 0 Å². The molecule has 8 nitrogen and oxygen atoms in total. The molecule has 2 aromatic carbocycles. The summed E-state index contributed by atoms with van der Waals surface area (Å²) in [5.74, 6) is -0.309. The van der Waals surface area contributed by atoms with Gasteiger partial charge in [-0.15, -0.1) is 0 Å². The molecule has 0 saturated carbocycles. The Hall–Kier alpha value is -2.91. The molecule has 3 rings (SSSR count). The zero-order valence-corrected chi connectivity index (χ0v) is 21.9. The first-order valence-corrected chi connectivity index (χ1v) is 12.5. The molecule has 1 aliphatic rings. The largest absolute Gasteiger partial charge is 0.484 e. The summed E-state index contributed by atoms with van der Waals surface area (Å²) in [4.78, 5) is 38.9. The molecule has 1 heterocycles. The average Bonchev–Trinajstić information content (AvgIpc) is 3.24. The normalized spacial score (nSPS) is 15.3. The Morgan fingerprint density at radius 1 is 1.20 bits per heavy atom. The van der Waals surface area contributed by atoms with Crippen LogP contribution in [-0.4, -0.2) is 51.1 Å². The summed E-state index contributed by atoms with van der Waals surface area (Å²) in [5.41, 5.74) is 3.53. The topological polar surface area (TPSA) is 97.0 Å². The highest BCUT2D eigenvalue weighted by Crippen LogP contribution is 2.28. The van der Waals surface area contributed by atoms with Crippen LogP contribution >= 0.6 is 15.9 Å². The van der Waals surface area contributed by atoms with Crippen molar-refractivity contribution in [2.45, 2.75) is 33.1 Å². The molecule has 1 atom stereocenters. The van der Waals surface area contributed by atoms with Crippen molar-refractivity contribution in [3.63, 3.8) is 0 Å². The minimum Gasteiger partial charge on any atom is -0.484 e. The standard InChI is InChI=1S/C26H32BrN3O5/c1-4-18-13-20(27)12-17(2)25(18)29-23(31)16-35-22-8-6-21(7-9-22)30-15-19(14-24(30)32)26(33)28-10-5-11-34-3/h6-9,12-13,19H,4-5,10-11,14-16H2,1-3H3,(H,28,33)(H,29,31)/t19-/m1/s1. The zero-order chi connectivity index (χ0) is 25.4. The van der Waals surface area contributed by atoms with Crippen LogP contribution < -0.4 is 20.3 Å². The van der Waals surface area contributed by atoms with Gasteiger partial charge >= 0.3 is 0 Å². The zero-order valence-electron chi connectivity index (χ0n) is 20.4. The molecular weight excluding hydrogens is 514 g/mol. The molecule has 0 aliphatic carbocycles. The number of halogens is 1. The van der Waals surface area contributed by atoms with E-state index >= 15 is 0 Å². The second kappa shape index (κ2) is 12.7. The molecule has 1 saturated heterocycles. The molecule has 0 aromatic heterocycles. The number of rotatable bonds is 11. The molecule has 2 N–H and O–H groups in total. The number of nitrogens with one attached hydrogen (secondary N) is 2. The number of anilines is 2. The van der Waals surface area contributed by atoms with Gasteiger partial charge in [0.1, 0.15) is 5.75 Å². The smallest absolute Gasteiger partial charge is 0.262 e. The maximum absolute atomic E-state index is 12.5. The maximum atomic E-state index is 12.5. The summed E-state index contributed by atoms with van der Waals surface area (Å²) in [7, 11) is 1.62. The van der Waals surface area contributed by atoms with Crippen LogP contribution in [0.2, 0.25) is 0 Å². The lowest BCUT2D eigenvalue weighted by atomic mass is 10.1. The number of methoxy groups -OCH3 is 1. The van der Waals surface area contributed by atoms with E-state index in [4.69, 9.17) is 9.47 Å². The van der Waals surface area contributed by atoms with Gasteiger partial charge in [-0.3, -0.25) is 14.4 Å². The number of nitrogens with zero attached hydrogens (tertiary/aromatic N) is 1. The van der Waals surface area contributed by atoms with E-state index in [-0.39, 0.29) is 36.7 Å². The Morgan fingerprint density at radius 3 is 2.63 bits per heavy atom. The fourth-order valence-corrected chi connectivity index (χ4v) is 4.64. The van der Waals surface area contributed by atoms with Gasteiger partial charge < -0.3 is 25.0 Å². The molecule has 188 valence electrons. The van der Waals surface area contributed by atoms with Gasteiger partial charge in [0.15, 0.2) is 6.61 Å². The number of hydrogen-bond acceptors (Lipinski definition) is 5. The van der Waals surface area contributed by atoms with Gasteiger partial charge in [0.05, 0.1) is 5.92 Å². The number of aryl methyl sites for hydroxylation is 2. The van der Waals surface area contributed by atoms with Gasteiger partial charge in [-0.2, -0.15) is 0 Å². The van der Waals surface area contributed by atoms with Gasteiger partial charge in [-0.05, 0) is 67.3 Å². The molecule has 0 bridgehead atoms. The average molecular weight is 546 g/mol. The quantitative estimate of drug-likeness (QED) is 0.418. The van der Waals surface area contributed by atoms with Crippen LogP contribution in [0, 0.1) is 12.8 Å². The monoisotopic (exact) mass is 545 g/mol. The third-order valence-electron chi connectivity index (χ3n) is 5.87. The SMILES string of the molecule is CCc1cc(Br)cc(C)c1NC(=O)COc1ccc(N2C[C@H](C(=O)NCCCOC)CC2=O)cc1. The summed E-state index contributed by atoms with van der Waals surface area (Å²) in [5, 5.41) is 5.80. The van der Waals surface area contributed by atoms with Crippen molar-refractivity contribution < 1.29 is 23.9 Å². The van der Waals surface area contributed by atoms with E-state index in [9.17, 15) is 14.4 Å². The van der Waals surface area contributed by atoms with Crippen molar-refractivity contribution in [1.29, 1.82) is 0 Å². The second-order valence-electron chi connectivity index (χ2n) is 8.48. The third kappa shape index (κ3) is 7.29. The van der Waals surface area contributed by atoms with Crippen molar-refractivity contribution in [2.75, 3.05) is 43.6 Å². The lowest BCUT2D eigenvalue weighted by Gasteiger charge is -2.17. The van der Waals surface area contributed by atoms with Crippen LogP contribution in [0.5, 0.6) is 5.75 Å². The van der Waals surface area contributed by atoms with E-state index in [0.29, 0.717) is 31.1 Å². The van der Waals surface area contributed by atoms with Crippen LogP contribution in [-0.2, 0) is 25.5 Å². The Bertz CT molecular complexity index is 1060. The molecule has 3 amide bonds. The van der Waals surface area contributed by atoms with Crippen molar-refractivity contribution in [1.82, 2.24) is 5.32 Å². The van der Waals surface area contributed by atoms with E-state index < -0.39 is 0 Å². The third-order valence-corrected chi connectivity index (χ3v) is 6.32.